The van der Waals surface area contributed by atoms with E-state index in [0.29, 0.717) is 65.9 Å². The van der Waals surface area contributed by atoms with Gasteiger partial charge in [0, 0.05) is 11.5 Å². The lowest BCUT2D eigenvalue weighted by atomic mass is 10.6. The Morgan fingerprint density at radius 3 is 1.70 bits per heavy atom. The molecule has 0 aliphatic heterocycles. The fraction of sp³-hybridized carbons (Fsp3) is 0.909. The maximum absolute atomic E-state index is 9.74. The van der Waals surface area contributed by atoms with Crippen molar-refractivity contribution in [2.45, 2.75) is 0 Å². The van der Waals surface area contributed by atoms with Crippen molar-refractivity contribution in [1.29, 1.82) is 0 Å². The molecule has 9 nitrogen and oxygen atoms in total. The van der Waals surface area contributed by atoms with Crippen LogP contribution in [0, 0.1) is 0 Å². The molecule has 0 bridgehead atoms. The SMILES string of the molecule is [N-]=[N+]=NCCOCCOCCOCCOCCN=C=O. The molecule has 0 unspecified atom stereocenters. The van der Waals surface area contributed by atoms with E-state index in [1.807, 2.05) is 0 Å². The molecule has 0 rings (SSSR count). The minimum Gasteiger partial charge on any atom is -0.379 e. The monoisotopic (exact) mass is 288 g/mol. The van der Waals surface area contributed by atoms with Gasteiger partial charge in [-0.25, -0.2) is 9.79 Å². The number of isocyanates is 1. The number of carbonyl (C=O) groups excluding carboxylic acids is 1. The van der Waals surface area contributed by atoms with Gasteiger partial charge >= 0.3 is 0 Å². The summed E-state index contributed by atoms with van der Waals surface area (Å²) in [6.07, 6.45) is 1.43. The Hall–Kier alpha value is -1.47. The van der Waals surface area contributed by atoms with Gasteiger partial charge in [0.1, 0.15) is 0 Å². The molecule has 0 saturated heterocycles. The highest BCUT2D eigenvalue weighted by molar-refractivity contribution is 5.32. The van der Waals surface area contributed by atoms with E-state index in [4.69, 9.17) is 24.5 Å². The smallest absolute Gasteiger partial charge is 0.235 e. The van der Waals surface area contributed by atoms with E-state index in [9.17, 15) is 4.79 Å². The second-order valence-corrected chi connectivity index (χ2v) is 3.38. The molecule has 0 aromatic rings. The standard InChI is InChI=1S/C11H20N4O5/c12-15-14-2-4-18-6-8-20-10-9-19-7-5-17-3-1-13-11-16/h1-10H2. The van der Waals surface area contributed by atoms with Crippen LogP contribution in [0.3, 0.4) is 0 Å². The summed E-state index contributed by atoms with van der Waals surface area (Å²) in [5.41, 5.74) is 8.02. The van der Waals surface area contributed by atoms with Crippen LogP contribution in [-0.2, 0) is 23.7 Å². The fourth-order valence-electron chi connectivity index (χ4n) is 1.07. The molecule has 0 atom stereocenters. The molecule has 0 heterocycles. The topological polar surface area (TPSA) is 115 Å². The van der Waals surface area contributed by atoms with E-state index in [2.05, 4.69) is 15.0 Å². The second kappa shape index (κ2) is 17.5. The molecule has 0 aliphatic rings. The van der Waals surface area contributed by atoms with Crippen LogP contribution in [0.1, 0.15) is 0 Å². The largest absolute Gasteiger partial charge is 0.379 e. The Labute approximate surface area is 117 Å². The Bertz CT molecular complexity index is 273. The number of hydrogen-bond acceptors (Lipinski definition) is 7. The second-order valence-electron chi connectivity index (χ2n) is 3.38. The zero-order valence-corrected chi connectivity index (χ0v) is 11.4. The number of azide groups is 1. The van der Waals surface area contributed by atoms with E-state index < -0.39 is 0 Å². The predicted octanol–water partition coefficient (Wildman–Crippen LogP) is 0.699. The van der Waals surface area contributed by atoms with E-state index in [1.54, 1.807) is 0 Å². The maximum atomic E-state index is 9.74. The third kappa shape index (κ3) is 16.5. The van der Waals surface area contributed by atoms with Crippen LogP contribution < -0.4 is 0 Å². The summed E-state index contributed by atoms with van der Waals surface area (Å²) in [5, 5.41) is 3.33. The van der Waals surface area contributed by atoms with Gasteiger partial charge < -0.3 is 18.9 Å². The van der Waals surface area contributed by atoms with Gasteiger partial charge in [0.15, 0.2) is 0 Å². The minimum absolute atomic E-state index is 0.326. The molecule has 0 fully saturated rings. The highest BCUT2D eigenvalue weighted by Crippen LogP contribution is 1.83. The highest BCUT2D eigenvalue weighted by atomic mass is 16.6. The third-order valence-corrected chi connectivity index (χ3v) is 1.93. The van der Waals surface area contributed by atoms with Crippen LogP contribution in [0.2, 0.25) is 0 Å². The molecule has 0 aromatic heterocycles. The first kappa shape index (κ1) is 18.5. The average Bonchev–Trinajstić information content (AvgIpc) is 2.47. The van der Waals surface area contributed by atoms with Gasteiger partial charge in [-0.1, -0.05) is 5.11 Å². The molecule has 114 valence electrons. The van der Waals surface area contributed by atoms with Crippen molar-refractivity contribution in [3.63, 3.8) is 0 Å². The van der Waals surface area contributed by atoms with Crippen molar-refractivity contribution in [3.05, 3.63) is 10.4 Å². The molecule has 0 saturated carbocycles. The van der Waals surface area contributed by atoms with Crippen LogP contribution in [0.25, 0.3) is 10.4 Å². The summed E-state index contributed by atoms with van der Waals surface area (Å²) in [6, 6.07) is 0. The maximum Gasteiger partial charge on any atom is 0.235 e. The summed E-state index contributed by atoms with van der Waals surface area (Å²) < 4.78 is 20.8. The normalized spacial score (nSPS) is 9.80. The fourth-order valence-corrected chi connectivity index (χ4v) is 1.07. The van der Waals surface area contributed by atoms with Gasteiger partial charge in [-0.15, -0.1) is 0 Å². The summed E-state index contributed by atoms with van der Waals surface area (Å²) in [6.45, 7) is 4.26. The lowest BCUT2D eigenvalue weighted by Crippen LogP contribution is -2.13. The Kier molecular flexibility index (Phi) is 16.2. The van der Waals surface area contributed by atoms with Crippen molar-refractivity contribution in [3.8, 4) is 0 Å². The van der Waals surface area contributed by atoms with Crippen molar-refractivity contribution in [1.82, 2.24) is 0 Å². The van der Waals surface area contributed by atoms with Gasteiger partial charge in [-0.3, -0.25) is 0 Å². The van der Waals surface area contributed by atoms with Crippen LogP contribution in [-0.4, -0.2) is 72.0 Å². The minimum atomic E-state index is 0.326. The highest BCUT2D eigenvalue weighted by Gasteiger charge is 1.92. The van der Waals surface area contributed by atoms with Crippen molar-refractivity contribution >= 4 is 6.08 Å². The summed E-state index contributed by atoms with van der Waals surface area (Å²) in [7, 11) is 0. The Morgan fingerprint density at radius 1 is 0.800 bits per heavy atom. The number of ether oxygens (including phenoxy) is 4. The first-order chi connectivity index (χ1) is 9.91. The van der Waals surface area contributed by atoms with Gasteiger partial charge in [0.05, 0.1) is 59.4 Å². The van der Waals surface area contributed by atoms with Gasteiger partial charge in [0.2, 0.25) is 6.08 Å². The van der Waals surface area contributed by atoms with E-state index in [1.165, 1.54) is 6.08 Å². The van der Waals surface area contributed by atoms with E-state index >= 15 is 0 Å². The average molecular weight is 288 g/mol. The molecule has 0 aromatic carbocycles. The molecular weight excluding hydrogens is 268 g/mol. The quantitative estimate of drug-likeness (QED) is 0.110. The van der Waals surface area contributed by atoms with Crippen molar-refractivity contribution in [2.75, 3.05) is 65.9 Å². The summed E-state index contributed by atoms with van der Waals surface area (Å²) >= 11 is 0. The van der Waals surface area contributed by atoms with Crippen LogP contribution in [0.4, 0.5) is 0 Å². The molecular formula is C11H20N4O5. The summed E-state index contributed by atoms with van der Waals surface area (Å²) in [4.78, 5) is 15.7. The molecule has 20 heavy (non-hydrogen) atoms. The zero-order valence-electron chi connectivity index (χ0n) is 11.4. The molecule has 0 spiro atoms. The Balaban J connectivity index is 2.99. The molecule has 0 aliphatic carbocycles. The summed E-state index contributed by atoms with van der Waals surface area (Å²) in [5.74, 6) is 0. The first-order valence-electron chi connectivity index (χ1n) is 6.27. The van der Waals surface area contributed by atoms with Crippen LogP contribution in [0.5, 0.6) is 0 Å². The van der Waals surface area contributed by atoms with Gasteiger partial charge in [-0.05, 0) is 5.53 Å². The number of hydrogen-bond donors (Lipinski definition) is 0. The molecule has 0 radical (unpaired) electrons. The lowest BCUT2D eigenvalue weighted by molar-refractivity contribution is -0.000117. The lowest BCUT2D eigenvalue weighted by Gasteiger charge is -2.06. The first-order valence-corrected chi connectivity index (χ1v) is 6.27. The van der Waals surface area contributed by atoms with Gasteiger partial charge in [0.25, 0.3) is 0 Å². The van der Waals surface area contributed by atoms with Crippen LogP contribution >= 0.6 is 0 Å². The molecule has 0 amide bonds. The van der Waals surface area contributed by atoms with Crippen LogP contribution in [0.15, 0.2) is 10.1 Å². The number of rotatable bonds is 15. The van der Waals surface area contributed by atoms with Crippen molar-refractivity contribution in [2.24, 2.45) is 10.1 Å². The number of aliphatic imine (C=N–C) groups is 1. The zero-order chi connectivity index (χ0) is 14.7. The number of nitrogens with zero attached hydrogens (tertiary/aromatic N) is 4. The van der Waals surface area contributed by atoms with Crippen molar-refractivity contribution < 1.29 is 23.7 Å². The van der Waals surface area contributed by atoms with E-state index in [-0.39, 0.29) is 0 Å². The predicted molar refractivity (Wildman–Crippen MR) is 70.3 cm³/mol. The molecule has 9 heteroatoms. The molecule has 0 N–H and O–H groups in total. The Morgan fingerprint density at radius 2 is 1.25 bits per heavy atom. The van der Waals surface area contributed by atoms with E-state index in [0.717, 1.165) is 0 Å². The van der Waals surface area contributed by atoms with Gasteiger partial charge in [-0.2, -0.15) is 0 Å². The third-order valence-electron chi connectivity index (χ3n) is 1.93.